The summed E-state index contributed by atoms with van der Waals surface area (Å²) in [6, 6.07) is 6.41. The summed E-state index contributed by atoms with van der Waals surface area (Å²) in [6.07, 6.45) is 1.08. The van der Waals surface area contributed by atoms with Crippen LogP contribution in [0, 0.1) is 12.8 Å². The highest BCUT2D eigenvalue weighted by atomic mass is 16.3. The normalized spacial score (nSPS) is 11.6. The number of fused-ring (bicyclic) bond motifs is 1. The molecule has 1 heterocycles. The maximum absolute atomic E-state index is 5.93. The highest BCUT2D eigenvalue weighted by Crippen LogP contribution is 2.29. The van der Waals surface area contributed by atoms with Gasteiger partial charge in [0, 0.05) is 10.9 Å². The summed E-state index contributed by atoms with van der Waals surface area (Å²) >= 11 is 0. The number of hydrogen-bond acceptors (Lipinski definition) is 2. The molecule has 0 spiro atoms. The number of benzene rings is 1. The molecular formula is C15H21NO. The van der Waals surface area contributed by atoms with Crippen LogP contribution in [0.25, 0.3) is 11.0 Å². The van der Waals surface area contributed by atoms with Crippen molar-refractivity contribution in [1.29, 1.82) is 0 Å². The molecular weight excluding hydrogens is 210 g/mol. The highest BCUT2D eigenvalue weighted by molar-refractivity contribution is 5.83. The summed E-state index contributed by atoms with van der Waals surface area (Å²) < 4.78 is 5.93. The van der Waals surface area contributed by atoms with E-state index in [1.165, 1.54) is 16.5 Å². The van der Waals surface area contributed by atoms with Gasteiger partial charge in [0.2, 0.25) is 0 Å². The molecule has 2 rings (SSSR count). The number of rotatable bonds is 4. The standard InChI is InChI=1S/C15H21NO/c1-10(2)7-12-13-8-11(3)5-6-14(13)17-15(12)9-16-4/h5-6,8,10,16H,7,9H2,1-4H3. The zero-order chi connectivity index (χ0) is 12.4. The molecule has 0 amide bonds. The van der Waals surface area contributed by atoms with Gasteiger partial charge in [-0.3, -0.25) is 0 Å². The molecule has 17 heavy (non-hydrogen) atoms. The minimum Gasteiger partial charge on any atom is -0.459 e. The van der Waals surface area contributed by atoms with E-state index in [2.05, 4.69) is 44.3 Å². The quantitative estimate of drug-likeness (QED) is 0.868. The van der Waals surface area contributed by atoms with Crippen molar-refractivity contribution < 1.29 is 4.42 Å². The third-order valence-corrected chi connectivity index (χ3v) is 2.98. The first kappa shape index (κ1) is 12.2. The number of aryl methyl sites for hydroxylation is 1. The van der Waals surface area contributed by atoms with Crippen molar-refractivity contribution in [2.24, 2.45) is 5.92 Å². The van der Waals surface area contributed by atoms with Crippen molar-refractivity contribution in [1.82, 2.24) is 5.32 Å². The molecule has 0 aliphatic carbocycles. The van der Waals surface area contributed by atoms with E-state index in [1.807, 2.05) is 7.05 Å². The van der Waals surface area contributed by atoms with E-state index >= 15 is 0 Å². The second kappa shape index (κ2) is 4.92. The van der Waals surface area contributed by atoms with E-state index < -0.39 is 0 Å². The number of nitrogens with one attached hydrogen (secondary N) is 1. The minimum absolute atomic E-state index is 0.645. The Bertz CT molecular complexity index is 511. The van der Waals surface area contributed by atoms with Crippen molar-refractivity contribution in [2.45, 2.75) is 33.7 Å². The van der Waals surface area contributed by atoms with Gasteiger partial charge in [0.05, 0.1) is 6.54 Å². The van der Waals surface area contributed by atoms with Crippen molar-refractivity contribution in [2.75, 3.05) is 7.05 Å². The molecule has 2 nitrogen and oxygen atoms in total. The van der Waals surface area contributed by atoms with E-state index in [9.17, 15) is 0 Å². The van der Waals surface area contributed by atoms with Crippen LogP contribution in [0.3, 0.4) is 0 Å². The van der Waals surface area contributed by atoms with Gasteiger partial charge >= 0.3 is 0 Å². The maximum Gasteiger partial charge on any atom is 0.134 e. The summed E-state index contributed by atoms with van der Waals surface area (Å²) in [4.78, 5) is 0. The molecule has 0 aliphatic rings. The highest BCUT2D eigenvalue weighted by Gasteiger charge is 2.14. The van der Waals surface area contributed by atoms with Crippen LogP contribution in [-0.2, 0) is 13.0 Å². The predicted octanol–water partition coefficient (Wildman–Crippen LogP) is 3.66. The molecule has 2 aromatic rings. The molecule has 0 fully saturated rings. The van der Waals surface area contributed by atoms with Crippen LogP contribution in [0.2, 0.25) is 0 Å². The van der Waals surface area contributed by atoms with Crippen LogP contribution in [0.15, 0.2) is 22.6 Å². The van der Waals surface area contributed by atoms with Crippen LogP contribution < -0.4 is 5.32 Å². The van der Waals surface area contributed by atoms with Crippen LogP contribution in [0.4, 0.5) is 0 Å². The number of furan rings is 1. The molecule has 0 bridgehead atoms. The fourth-order valence-corrected chi connectivity index (χ4v) is 2.25. The predicted molar refractivity (Wildman–Crippen MR) is 72.3 cm³/mol. The Morgan fingerprint density at radius 3 is 2.71 bits per heavy atom. The molecule has 0 radical (unpaired) electrons. The van der Waals surface area contributed by atoms with E-state index in [4.69, 9.17) is 4.42 Å². The SMILES string of the molecule is CNCc1oc2ccc(C)cc2c1CC(C)C. The van der Waals surface area contributed by atoms with E-state index in [-0.39, 0.29) is 0 Å². The van der Waals surface area contributed by atoms with Gasteiger partial charge in [0.15, 0.2) is 0 Å². The van der Waals surface area contributed by atoms with Gasteiger partial charge in [-0.25, -0.2) is 0 Å². The lowest BCUT2D eigenvalue weighted by Crippen LogP contribution is -2.07. The van der Waals surface area contributed by atoms with Gasteiger partial charge in [0.1, 0.15) is 11.3 Å². The summed E-state index contributed by atoms with van der Waals surface area (Å²) in [5.41, 5.74) is 3.67. The lowest BCUT2D eigenvalue weighted by Gasteiger charge is -2.05. The average Bonchev–Trinajstić information content (AvgIpc) is 2.57. The second-order valence-electron chi connectivity index (χ2n) is 5.13. The van der Waals surface area contributed by atoms with Gasteiger partial charge in [-0.15, -0.1) is 0 Å². The van der Waals surface area contributed by atoms with Gasteiger partial charge in [-0.2, -0.15) is 0 Å². The topological polar surface area (TPSA) is 25.2 Å². The van der Waals surface area contributed by atoms with E-state index in [1.54, 1.807) is 0 Å². The lowest BCUT2D eigenvalue weighted by atomic mass is 9.99. The number of hydrogen-bond donors (Lipinski definition) is 1. The first-order valence-corrected chi connectivity index (χ1v) is 6.27. The Hall–Kier alpha value is -1.28. The third kappa shape index (κ3) is 2.52. The lowest BCUT2D eigenvalue weighted by molar-refractivity contribution is 0.516. The van der Waals surface area contributed by atoms with E-state index in [0.717, 1.165) is 24.3 Å². The molecule has 1 N–H and O–H groups in total. The largest absolute Gasteiger partial charge is 0.459 e. The summed E-state index contributed by atoms with van der Waals surface area (Å²) in [6.45, 7) is 7.43. The van der Waals surface area contributed by atoms with Crippen molar-refractivity contribution in [3.8, 4) is 0 Å². The van der Waals surface area contributed by atoms with Crippen LogP contribution >= 0.6 is 0 Å². The van der Waals surface area contributed by atoms with Crippen LogP contribution in [-0.4, -0.2) is 7.05 Å². The van der Waals surface area contributed by atoms with Crippen molar-refractivity contribution >= 4 is 11.0 Å². The fraction of sp³-hybridized carbons (Fsp3) is 0.467. The first-order chi connectivity index (χ1) is 8.11. The molecule has 1 aromatic heterocycles. The molecule has 0 aliphatic heterocycles. The second-order valence-corrected chi connectivity index (χ2v) is 5.13. The van der Waals surface area contributed by atoms with Gasteiger partial charge < -0.3 is 9.73 Å². The summed E-state index contributed by atoms with van der Waals surface area (Å²) in [5.74, 6) is 1.73. The Morgan fingerprint density at radius 1 is 1.29 bits per heavy atom. The molecule has 0 saturated carbocycles. The summed E-state index contributed by atoms with van der Waals surface area (Å²) in [7, 11) is 1.96. The molecule has 92 valence electrons. The van der Waals surface area contributed by atoms with Gasteiger partial charge in [0.25, 0.3) is 0 Å². The molecule has 0 saturated heterocycles. The monoisotopic (exact) mass is 231 g/mol. The Morgan fingerprint density at radius 2 is 2.06 bits per heavy atom. The van der Waals surface area contributed by atoms with E-state index in [0.29, 0.717) is 5.92 Å². The molecule has 0 atom stereocenters. The van der Waals surface area contributed by atoms with Crippen LogP contribution in [0.1, 0.15) is 30.7 Å². The minimum atomic E-state index is 0.645. The third-order valence-electron chi connectivity index (χ3n) is 2.98. The van der Waals surface area contributed by atoms with Crippen LogP contribution in [0.5, 0.6) is 0 Å². The molecule has 1 aromatic carbocycles. The molecule has 2 heteroatoms. The molecule has 0 unspecified atom stereocenters. The zero-order valence-corrected chi connectivity index (χ0v) is 11.1. The van der Waals surface area contributed by atoms with Gasteiger partial charge in [-0.05, 0) is 38.4 Å². The fourth-order valence-electron chi connectivity index (χ4n) is 2.25. The van der Waals surface area contributed by atoms with Crippen molar-refractivity contribution in [3.63, 3.8) is 0 Å². The van der Waals surface area contributed by atoms with Gasteiger partial charge in [-0.1, -0.05) is 25.5 Å². The Kier molecular flexibility index (Phi) is 3.53. The van der Waals surface area contributed by atoms with Crippen molar-refractivity contribution in [3.05, 3.63) is 35.1 Å². The smallest absolute Gasteiger partial charge is 0.134 e. The average molecular weight is 231 g/mol. The first-order valence-electron chi connectivity index (χ1n) is 6.27. The summed E-state index contributed by atoms with van der Waals surface area (Å²) in [5, 5.41) is 4.46. The Labute approximate surface area is 103 Å². The Balaban J connectivity index is 2.55. The zero-order valence-electron chi connectivity index (χ0n) is 11.1. The maximum atomic E-state index is 5.93.